The molecule has 1 aliphatic rings. The summed E-state index contributed by atoms with van der Waals surface area (Å²) in [5.74, 6) is -0.735. The minimum Gasteiger partial charge on any atom is -0.366 e. The van der Waals surface area contributed by atoms with E-state index < -0.39 is 5.91 Å². The molecular formula is C25H25ClFN3O2. The molecule has 4 rings (SSSR count). The van der Waals surface area contributed by atoms with Crippen molar-refractivity contribution in [1.82, 2.24) is 4.98 Å². The summed E-state index contributed by atoms with van der Waals surface area (Å²) in [5.41, 5.74) is 7.91. The maximum atomic E-state index is 13.8. The summed E-state index contributed by atoms with van der Waals surface area (Å²) in [6.07, 6.45) is 5.40. The molecule has 3 aromatic rings. The Balaban J connectivity index is 1.43. The Kier molecular flexibility index (Phi) is 6.42. The van der Waals surface area contributed by atoms with Gasteiger partial charge in [-0.3, -0.25) is 14.6 Å². The average molecular weight is 454 g/mol. The highest BCUT2D eigenvalue weighted by atomic mass is 35.5. The number of aromatic nitrogens is 1. The fraction of sp³-hybridized carbons (Fsp3) is 0.320. The zero-order valence-electron chi connectivity index (χ0n) is 17.8. The van der Waals surface area contributed by atoms with E-state index in [1.807, 2.05) is 13.0 Å². The van der Waals surface area contributed by atoms with E-state index in [1.54, 1.807) is 30.5 Å². The number of hydrogen-bond acceptors (Lipinski definition) is 3. The lowest BCUT2D eigenvalue weighted by Crippen LogP contribution is -2.30. The van der Waals surface area contributed by atoms with Crippen molar-refractivity contribution in [1.29, 1.82) is 0 Å². The molecule has 1 saturated carbocycles. The molecule has 0 saturated heterocycles. The number of anilines is 1. The van der Waals surface area contributed by atoms with E-state index in [4.69, 9.17) is 17.3 Å². The molecule has 5 nitrogen and oxygen atoms in total. The molecule has 32 heavy (non-hydrogen) atoms. The van der Waals surface area contributed by atoms with Crippen molar-refractivity contribution in [2.75, 3.05) is 5.32 Å². The van der Waals surface area contributed by atoms with Gasteiger partial charge in [-0.2, -0.15) is 0 Å². The van der Waals surface area contributed by atoms with Gasteiger partial charge in [0.1, 0.15) is 5.82 Å². The summed E-state index contributed by atoms with van der Waals surface area (Å²) in [4.78, 5) is 28.9. The summed E-state index contributed by atoms with van der Waals surface area (Å²) in [5, 5.41) is 4.09. The van der Waals surface area contributed by atoms with E-state index in [-0.39, 0.29) is 29.1 Å². The highest BCUT2D eigenvalue weighted by molar-refractivity contribution is 6.31. The van der Waals surface area contributed by atoms with E-state index in [0.29, 0.717) is 16.6 Å². The first-order valence-electron chi connectivity index (χ1n) is 10.8. The fourth-order valence-electron chi connectivity index (χ4n) is 4.72. The Morgan fingerprint density at radius 1 is 1.12 bits per heavy atom. The first-order valence-corrected chi connectivity index (χ1v) is 11.2. The number of carbonyl (C=O) groups excluding carboxylic acids is 2. The van der Waals surface area contributed by atoms with Crippen LogP contribution in [-0.4, -0.2) is 16.8 Å². The van der Waals surface area contributed by atoms with Gasteiger partial charge in [0, 0.05) is 22.5 Å². The number of rotatable bonds is 5. The third kappa shape index (κ3) is 4.60. The number of benzene rings is 2. The minimum absolute atomic E-state index is 0.144. The Bertz CT molecular complexity index is 1180. The molecule has 0 bridgehead atoms. The van der Waals surface area contributed by atoms with Gasteiger partial charge in [0.05, 0.1) is 16.8 Å². The van der Waals surface area contributed by atoms with Crippen LogP contribution < -0.4 is 11.1 Å². The number of nitrogens with one attached hydrogen (secondary N) is 1. The van der Waals surface area contributed by atoms with E-state index in [2.05, 4.69) is 10.3 Å². The van der Waals surface area contributed by atoms with Crippen LogP contribution in [0.25, 0.3) is 10.9 Å². The van der Waals surface area contributed by atoms with Crippen molar-refractivity contribution in [2.45, 2.75) is 38.5 Å². The number of halogens is 2. The second-order valence-corrected chi connectivity index (χ2v) is 8.94. The largest absolute Gasteiger partial charge is 0.366 e. The summed E-state index contributed by atoms with van der Waals surface area (Å²) >= 11 is 5.95. The molecular weight excluding hydrogens is 429 g/mol. The lowest BCUT2D eigenvalue weighted by Gasteiger charge is -2.32. The van der Waals surface area contributed by atoms with Crippen molar-refractivity contribution < 1.29 is 14.0 Å². The first kappa shape index (κ1) is 22.2. The third-order valence-electron chi connectivity index (χ3n) is 6.57. The zero-order valence-corrected chi connectivity index (χ0v) is 18.5. The number of pyridine rings is 1. The lowest BCUT2D eigenvalue weighted by molar-refractivity contribution is -0.121. The van der Waals surface area contributed by atoms with Crippen LogP contribution in [0.5, 0.6) is 0 Å². The highest BCUT2D eigenvalue weighted by Crippen LogP contribution is 2.41. The maximum Gasteiger partial charge on any atom is 0.250 e. The number of nitrogens with two attached hydrogens (primary N) is 1. The van der Waals surface area contributed by atoms with Gasteiger partial charge >= 0.3 is 0 Å². The Morgan fingerprint density at radius 2 is 1.88 bits per heavy atom. The molecule has 3 N–H and O–H groups in total. The molecule has 0 spiro atoms. The van der Waals surface area contributed by atoms with E-state index >= 15 is 0 Å². The Hall–Kier alpha value is -2.99. The van der Waals surface area contributed by atoms with Gasteiger partial charge < -0.3 is 11.1 Å². The van der Waals surface area contributed by atoms with Crippen molar-refractivity contribution >= 4 is 40.0 Å². The van der Waals surface area contributed by atoms with E-state index in [9.17, 15) is 14.0 Å². The molecule has 1 aliphatic carbocycles. The van der Waals surface area contributed by atoms with Crippen molar-refractivity contribution in [3.8, 4) is 0 Å². The van der Waals surface area contributed by atoms with Crippen LogP contribution in [0.15, 0.2) is 48.7 Å². The smallest absolute Gasteiger partial charge is 0.250 e. The predicted octanol–water partition coefficient (Wildman–Crippen LogP) is 5.67. The summed E-state index contributed by atoms with van der Waals surface area (Å²) in [7, 11) is 0. The first-order chi connectivity index (χ1) is 15.3. The van der Waals surface area contributed by atoms with Gasteiger partial charge in [0.25, 0.3) is 5.91 Å². The number of fused-ring (bicyclic) bond motifs is 1. The van der Waals surface area contributed by atoms with Gasteiger partial charge in [-0.05, 0) is 85.5 Å². The molecule has 0 aliphatic heterocycles. The lowest BCUT2D eigenvalue weighted by atomic mass is 9.73. The van der Waals surface area contributed by atoms with Crippen molar-refractivity contribution in [3.05, 3.63) is 70.6 Å². The number of carbonyl (C=O) groups is 2. The molecule has 7 heteroatoms. The van der Waals surface area contributed by atoms with Gasteiger partial charge in [0.15, 0.2) is 0 Å². The van der Waals surface area contributed by atoms with Crippen molar-refractivity contribution in [2.24, 2.45) is 17.6 Å². The monoisotopic (exact) mass is 453 g/mol. The Morgan fingerprint density at radius 3 is 2.59 bits per heavy atom. The summed E-state index contributed by atoms with van der Waals surface area (Å²) in [6, 6.07) is 11.3. The van der Waals surface area contributed by atoms with Crippen molar-refractivity contribution in [3.63, 3.8) is 0 Å². The van der Waals surface area contributed by atoms with Crippen LogP contribution in [-0.2, 0) is 4.79 Å². The second-order valence-electron chi connectivity index (χ2n) is 8.51. The SMILES string of the molecule is C[C@@H](C(=O)Nc1ccc(Cl)cc1C(N)=O)C1CCC(c2ccnc3ccc(F)cc23)CC1. The van der Waals surface area contributed by atoms with Crippen LogP contribution in [0.3, 0.4) is 0 Å². The van der Waals surface area contributed by atoms with Crippen LogP contribution in [0.4, 0.5) is 10.1 Å². The summed E-state index contributed by atoms with van der Waals surface area (Å²) < 4.78 is 13.8. The van der Waals surface area contributed by atoms with E-state index in [0.717, 1.165) is 42.1 Å². The second kappa shape index (κ2) is 9.25. The average Bonchev–Trinajstić information content (AvgIpc) is 2.79. The Labute approximate surface area is 191 Å². The molecule has 0 unspecified atom stereocenters. The van der Waals surface area contributed by atoms with Crippen LogP contribution in [0.2, 0.25) is 5.02 Å². The van der Waals surface area contributed by atoms with Gasteiger partial charge in [-0.15, -0.1) is 0 Å². The molecule has 2 aromatic carbocycles. The predicted molar refractivity (Wildman–Crippen MR) is 124 cm³/mol. The quantitative estimate of drug-likeness (QED) is 0.521. The molecule has 1 atom stereocenters. The fourth-order valence-corrected chi connectivity index (χ4v) is 4.89. The van der Waals surface area contributed by atoms with Crippen LogP contribution in [0.1, 0.15) is 54.4 Å². The van der Waals surface area contributed by atoms with Gasteiger partial charge in [-0.1, -0.05) is 18.5 Å². The zero-order chi connectivity index (χ0) is 22.8. The number of primary amides is 1. The van der Waals surface area contributed by atoms with E-state index in [1.165, 1.54) is 12.1 Å². The minimum atomic E-state index is -0.642. The molecule has 1 fully saturated rings. The third-order valence-corrected chi connectivity index (χ3v) is 6.81. The highest BCUT2D eigenvalue weighted by Gasteiger charge is 2.30. The number of amides is 2. The topological polar surface area (TPSA) is 85.1 Å². The normalized spacial score (nSPS) is 19.5. The van der Waals surface area contributed by atoms with Crippen LogP contribution in [0, 0.1) is 17.7 Å². The molecule has 0 radical (unpaired) electrons. The number of hydrogen-bond donors (Lipinski definition) is 2. The van der Waals surface area contributed by atoms with Gasteiger partial charge in [-0.25, -0.2) is 4.39 Å². The molecule has 166 valence electrons. The van der Waals surface area contributed by atoms with Gasteiger partial charge in [0.2, 0.25) is 5.91 Å². The van der Waals surface area contributed by atoms with Crippen LogP contribution >= 0.6 is 11.6 Å². The summed E-state index contributed by atoms with van der Waals surface area (Å²) in [6.45, 7) is 1.91. The molecule has 1 heterocycles. The standard InChI is InChI=1S/C25H25ClFN3O2/c1-14(25(32)30-23-8-6-17(26)12-21(23)24(28)31)15-2-4-16(5-3-15)19-10-11-29-22-9-7-18(27)13-20(19)22/h6-16H,2-5H2,1H3,(H2,28,31)(H,30,32)/t14-,15?,16?/m1/s1. The number of nitrogens with zero attached hydrogens (tertiary/aromatic N) is 1. The molecule has 2 amide bonds. The maximum absolute atomic E-state index is 13.8. The molecule has 1 aromatic heterocycles.